The molecule has 16 heavy (non-hydrogen) atoms. The number of hydrogen-bond donors (Lipinski definition) is 2. The number of benzene rings is 1. The van der Waals surface area contributed by atoms with Gasteiger partial charge in [-0.1, -0.05) is 17.7 Å². The van der Waals surface area contributed by atoms with Crippen LogP contribution in [0.15, 0.2) is 18.2 Å². The smallest absolute Gasteiger partial charge is 0.258 e. The van der Waals surface area contributed by atoms with E-state index in [1.165, 1.54) is 0 Å². The van der Waals surface area contributed by atoms with Crippen molar-refractivity contribution in [2.75, 3.05) is 6.54 Å². The molecule has 0 saturated heterocycles. The Morgan fingerprint density at radius 3 is 2.81 bits per heavy atom. The molecule has 0 radical (unpaired) electrons. The molecule has 1 unspecified atom stereocenters. The molecular formula is C11H15ClN2O2. The van der Waals surface area contributed by atoms with E-state index in [0.717, 1.165) is 5.56 Å². The Balaban J connectivity index is 2.94. The molecule has 0 aromatic heterocycles. The van der Waals surface area contributed by atoms with E-state index in [1.807, 2.05) is 0 Å². The van der Waals surface area contributed by atoms with Crippen molar-refractivity contribution in [2.24, 2.45) is 11.5 Å². The molecule has 5 heteroatoms. The highest BCUT2D eigenvalue weighted by Crippen LogP contribution is 2.27. The van der Waals surface area contributed by atoms with Crippen LogP contribution >= 0.6 is 11.6 Å². The van der Waals surface area contributed by atoms with E-state index in [4.69, 9.17) is 27.8 Å². The second kappa shape index (κ2) is 5.72. The zero-order chi connectivity index (χ0) is 12.1. The second-order valence-corrected chi connectivity index (χ2v) is 3.82. The van der Waals surface area contributed by atoms with E-state index in [2.05, 4.69) is 0 Å². The van der Waals surface area contributed by atoms with Gasteiger partial charge in [0.25, 0.3) is 5.91 Å². The summed E-state index contributed by atoms with van der Waals surface area (Å²) in [7, 11) is 0. The summed E-state index contributed by atoms with van der Waals surface area (Å²) in [5.74, 6) is 0.0444. The van der Waals surface area contributed by atoms with E-state index >= 15 is 0 Å². The van der Waals surface area contributed by atoms with Crippen molar-refractivity contribution in [1.82, 2.24) is 0 Å². The number of hydrogen-bond acceptors (Lipinski definition) is 3. The number of carbonyl (C=O) groups is 1. The van der Waals surface area contributed by atoms with Gasteiger partial charge in [-0.2, -0.15) is 0 Å². The summed E-state index contributed by atoms with van der Waals surface area (Å²) in [5, 5.41) is 0.583. The highest BCUT2D eigenvalue weighted by Gasteiger charge is 2.14. The van der Waals surface area contributed by atoms with Crippen LogP contribution in [0.4, 0.5) is 0 Å². The molecule has 0 bridgehead atoms. The lowest BCUT2D eigenvalue weighted by molar-refractivity contribution is -0.123. The summed E-state index contributed by atoms with van der Waals surface area (Å²) >= 11 is 6.02. The van der Waals surface area contributed by atoms with Gasteiger partial charge in [0, 0.05) is 10.6 Å². The number of rotatable bonds is 5. The lowest BCUT2D eigenvalue weighted by Crippen LogP contribution is -2.31. The summed E-state index contributed by atoms with van der Waals surface area (Å²) in [6, 6.07) is 5.26. The Bertz CT molecular complexity index is 382. The Hall–Kier alpha value is -1.26. The number of ether oxygens (including phenoxy) is 1. The largest absolute Gasteiger partial charge is 0.481 e. The fraction of sp³-hybridized carbons (Fsp3) is 0.364. The van der Waals surface area contributed by atoms with Crippen molar-refractivity contribution in [2.45, 2.75) is 19.4 Å². The molecule has 0 aliphatic carbocycles. The first kappa shape index (κ1) is 12.8. The third-order valence-corrected chi connectivity index (χ3v) is 2.53. The average molecular weight is 243 g/mol. The summed E-state index contributed by atoms with van der Waals surface area (Å²) in [4.78, 5) is 10.9. The minimum Gasteiger partial charge on any atom is -0.481 e. The SMILES string of the molecule is CC(Oc1cccc(Cl)c1CCN)C(N)=O. The summed E-state index contributed by atoms with van der Waals surface area (Å²) < 4.78 is 5.43. The van der Waals surface area contributed by atoms with Crippen LogP contribution in [0.25, 0.3) is 0 Å². The third kappa shape index (κ3) is 3.12. The molecule has 0 aliphatic heterocycles. The Morgan fingerprint density at radius 2 is 2.25 bits per heavy atom. The van der Waals surface area contributed by atoms with E-state index in [1.54, 1.807) is 25.1 Å². The Morgan fingerprint density at radius 1 is 1.56 bits per heavy atom. The van der Waals surface area contributed by atoms with Crippen LogP contribution in [0.2, 0.25) is 5.02 Å². The van der Waals surface area contributed by atoms with Crippen LogP contribution in [-0.2, 0) is 11.2 Å². The maximum Gasteiger partial charge on any atom is 0.258 e. The van der Waals surface area contributed by atoms with Gasteiger partial charge in [0.15, 0.2) is 6.10 Å². The zero-order valence-electron chi connectivity index (χ0n) is 9.07. The quantitative estimate of drug-likeness (QED) is 0.812. The summed E-state index contributed by atoms with van der Waals surface area (Å²) in [6.45, 7) is 2.06. The highest BCUT2D eigenvalue weighted by atomic mass is 35.5. The molecule has 1 atom stereocenters. The topological polar surface area (TPSA) is 78.3 Å². The van der Waals surface area contributed by atoms with E-state index in [0.29, 0.717) is 23.7 Å². The van der Waals surface area contributed by atoms with Gasteiger partial charge in [-0.05, 0) is 32.0 Å². The van der Waals surface area contributed by atoms with Gasteiger partial charge >= 0.3 is 0 Å². The maximum absolute atomic E-state index is 10.9. The second-order valence-electron chi connectivity index (χ2n) is 3.42. The van der Waals surface area contributed by atoms with E-state index in [9.17, 15) is 4.79 Å². The first-order valence-corrected chi connectivity index (χ1v) is 5.37. The van der Waals surface area contributed by atoms with Crippen LogP contribution < -0.4 is 16.2 Å². The van der Waals surface area contributed by atoms with Gasteiger partial charge in [-0.15, -0.1) is 0 Å². The molecule has 4 N–H and O–H groups in total. The van der Waals surface area contributed by atoms with Crippen molar-refractivity contribution >= 4 is 17.5 Å². The van der Waals surface area contributed by atoms with Crippen molar-refractivity contribution in [3.8, 4) is 5.75 Å². The standard InChI is InChI=1S/C11H15ClN2O2/c1-7(11(14)15)16-10-4-2-3-9(12)8(10)5-6-13/h2-4,7H,5-6,13H2,1H3,(H2,14,15). The minimum atomic E-state index is -0.685. The maximum atomic E-state index is 10.9. The third-order valence-electron chi connectivity index (χ3n) is 2.17. The first-order valence-electron chi connectivity index (χ1n) is 4.99. The highest BCUT2D eigenvalue weighted by molar-refractivity contribution is 6.31. The van der Waals surface area contributed by atoms with Crippen LogP contribution in [0.3, 0.4) is 0 Å². The normalized spacial score (nSPS) is 12.2. The molecule has 1 aromatic carbocycles. The van der Waals surface area contributed by atoms with Gasteiger partial charge in [0.05, 0.1) is 0 Å². The molecule has 1 rings (SSSR count). The van der Waals surface area contributed by atoms with Crippen LogP contribution in [-0.4, -0.2) is 18.6 Å². The van der Waals surface area contributed by atoms with Gasteiger partial charge in [-0.25, -0.2) is 0 Å². The summed E-state index contributed by atoms with van der Waals surface area (Å²) in [6.07, 6.45) is -0.0875. The molecule has 88 valence electrons. The van der Waals surface area contributed by atoms with Crippen molar-refractivity contribution in [3.63, 3.8) is 0 Å². The van der Waals surface area contributed by atoms with E-state index in [-0.39, 0.29) is 0 Å². The van der Waals surface area contributed by atoms with Crippen LogP contribution in [0.1, 0.15) is 12.5 Å². The molecule has 0 aliphatic rings. The zero-order valence-corrected chi connectivity index (χ0v) is 9.83. The molecule has 0 heterocycles. The van der Waals surface area contributed by atoms with Crippen molar-refractivity contribution < 1.29 is 9.53 Å². The Labute approximate surface area is 99.5 Å². The minimum absolute atomic E-state index is 0.463. The van der Waals surface area contributed by atoms with Crippen LogP contribution in [0, 0.1) is 0 Å². The molecule has 0 saturated carbocycles. The Kier molecular flexibility index (Phi) is 4.58. The fourth-order valence-electron chi connectivity index (χ4n) is 1.28. The van der Waals surface area contributed by atoms with Crippen molar-refractivity contribution in [1.29, 1.82) is 0 Å². The lowest BCUT2D eigenvalue weighted by atomic mass is 10.1. The summed E-state index contributed by atoms with van der Waals surface area (Å²) in [5.41, 5.74) is 11.4. The van der Waals surface area contributed by atoms with Gasteiger partial charge < -0.3 is 16.2 Å². The van der Waals surface area contributed by atoms with E-state index < -0.39 is 12.0 Å². The average Bonchev–Trinajstić information content (AvgIpc) is 2.23. The molecule has 0 fully saturated rings. The van der Waals surface area contributed by atoms with Crippen LogP contribution in [0.5, 0.6) is 5.75 Å². The number of carbonyl (C=O) groups excluding carboxylic acids is 1. The molecule has 4 nitrogen and oxygen atoms in total. The monoisotopic (exact) mass is 242 g/mol. The number of primary amides is 1. The molecule has 1 aromatic rings. The number of halogens is 1. The van der Waals surface area contributed by atoms with Gasteiger partial charge in [0.1, 0.15) is 5.75 Å². The molecule has 0 spiro atoms. The van der Waals surface area contributed by atoms with Gasteiger partial charge in [0.2, 0.25) is 0 Å². The molecule has 1 amide bonds. The number of amides is 1. The fourth-order valence-corrected chi connectivity index (χ4v) is 1.55. The lowest BCUT2D eigenvalue weighted by Gasteiger charge is -2.15. The predicted molar refractivity (Wildman–Crippen MR) is 63.5 cm³/mol. The van der Waals surface area contributed by atoms with Crippen molar-refractivity contribution in [3.05, 3.63) is 28.8 Å². The molecular weight excluding hydrogens is 228 g/mol. The number of nitrogens with two attached hydrogens (primary N) is 2. The van der Waals surface area contributed by atoms with Gasteiger partial charge in [-0.3, -0.25) is 4.79 Å². The predicted octanol–water partition coefficient (Wildman–Crippen LogP) is 1.09. The first-order chi connectivity index (χ1) is 7.56.